The molecule has 3 N–H and O–H groups in total. The molecule has 0 aromatic carbocycles. The molecule has 5 heterocycles. The summed E-state index contributed by atoms with van der Waals surface area (Å²) in [6.45, 7) is 0. The van der Waals surface area contributed by atoms with Crippen molar-refractivity contribution in [2.75, 3.05) is 0 Å². The molecule has 5 rings (SSSR count). The monoisotopic (exact) mass is 328 g/mol. The standard InChI is InChI=1S/C20H16N4O/c25-20-11-18-9-16-4-3-14(22-16)7-12-1-2-13(21-12)8-15-5-6-17(23-15)10-19(20)24-18/h1-2,5-11,21,24-25H,3-4H2. The van der Waals surface area contributed by atoms with Crippen LogP contribution in [0.4, 0.5) is 0 Å². The van der Waals surface area contributed by atoms with Gasteiger partial charge in [0.1, 0.15) is 5.75 Å². The summed E-state index contributed by atoms with van der Waals surface area (Å²) in [7, 11) is 0. The fourth-order valence-electron chi connectivity index (χ4n) is 3.25. The lowest BCUT2D eigenvalue weighted by molar-refractivity contribution is 0.482. The minimum atomic E-state index is 0.215. The molecule has 0 radical (unpaired) electrons. The normalized spacial score (nSPS) is 13.3. The number of nitrogens with one attached hydrogen (secondary N) is 2. The zero-order valence-electron chi connectivity index (χ0n) is 13.5. The number of aromatic nitrogens is 4. The average molecular weight is 328 g/mol. The van der Waals surface area contributed by atoms with E-state index < -0.39 is 0 Å². The number of fused-ring (bicyclic) bond motifs is 8. The molecule has 0 saturated carbocycles. The molecule has 3 aromatic rings. The number of aryl methyl sites for hydroxylation is 2. The summed E-state index contributed by atoms with van der Waals surface area (Å²) >= 11 is 0. The van der Waals surface area contributed by atoms with Crippen LogP contribution in [0.2, 0.25) is 0 Å². The highest BCUT2D eigenvalue weighted by Gasteiger charge is 2.07. The Morgan fingerprint density at radius 3 is 2.20 bits per heavy atom. The van der Waals surface area contributed by atoms with Crippen LogP contribution < -0.4 is 0 Å². The minimum Gasteiger partial charge on any atom is -0.506 e. The Bertz CT molecular complexity index is 1170. The van der Waals surface area contributed by atoms with Crippen LogP contribution in [0.25, 0.3) is 34.2 Å². The lowest BCUT2D eigenvalue weighted by Crippen LogP contribution is -1.77. The van der Waals surface area contributed by atoms with Crippen LogP contribution in [0.15, 0.2) is 42.5 Å². The third-order valence-electron chi connectivity index (χ3n) is 4.43. The van der Waals surface area contributed by atoms with E-state index in [0.29, 0.717) is 5.52 Å². The molecule has 25 heavy (non-hydrogen) atoms. The average Bonchev–Trinajstić information content (AvgIpc) is 3.33. The summed E-state index contributed by atoms with van der Waals surface area (Å²) in [6.07, 6.45) is 5.72. The fourth-order valence-corrected chi connectivity index (χ4v) is 3.25. The van der Waals surface area contributed by atoms with E-state index in [1.54, 1.807) is 6.07 Å². The lowest BCUT2D eigenvalue weighted by Gasteiger charge is -1.86. The SMILES string of the molecule is Oc1cc2cc3nc(cc4ccc(cc5nc(cc1[nH]2)C=C5)[nH]4)CC3. The molecule has 0 unspecified atom stereocenters. The van der Waals surface area contributed by atoms with E-state index in [2.05, 4.69) is 27.1 Å². The minimum absolute atomic E-state index is 0.215. The zero-order valence-corrected chi connectivity index (χ0v) is 13.5. The highest BCUT2D eigenvalue weighted by molar-refractivity contribution is 5.76. The Hall–Kier alpha value is -3.34. The number of hydrogen-bond acceptors (Lipinski definition) is 3. The summed E-state index contributed by atoms with van der Waals surface area (Å²) in [5.74, 6) is 0.215. The number of aromatic amines is 2. The lowest BCUT2D eigenvalue weighted by atomic mass is 10.2. The van der Waals surface area contributed by atoms with Crippen molar-refractivity contribution in [3.05, 3.63) is 65.2 Å². The molecule has 122 valence electrons. The molecule has 8 bridgehead atoms. The molecule has 2 aliphatic heterocycles. The predicted octanol–water partition coefficient (Wildman–Crippen LogP) is 3.98. The molecule has 0 atom stereocenters. The van der Waals surface area contributed by atoms with E-state index in [0.717, 1.165) is 52.2 Å². The maximum Gasteiger partial charge on any atom is 0.141 e. The molecule has 0 aliphatic carbocycles. The van der Waals surface area contributed by atoms with Crippen molar-refractivity contribution in [2.45, 2.75) is 12.8 Å². The van der Waals surface area contributed by atoms with Crippen molar-refractivity contribution in [3.8, 4) is 5.75 Å². The van der Waals surface area contributed by atoms with Crippen LogP contribution in [-0.4, -0.2) is 25.0 Å². The van der Waals surface area contributed by atoms with Crippen LogP contribution in [-0.2, 0) is 12.8 Å². The Labute approximate surface area is 143 Å². The van der Waals surface area contributed by atoms with E-state index >= 15 is 0 Å². The van der Waals surface area contributed by atoms with Crippen LogP contribution in [0.1, 0.15) is 22.8 Å². The third-order valence-corrected chi connectivity index (χ3v) is 4.43. The molecule has 0 fully saturated rings. The first-order valence-corrected chi connectivity index (χ1v) is 8.28. The van der Waals surface area contributed by atoms with Crippen LogP contribution >= 0.6 is 0 Å². The summed E-state index contributed by atoms with van der Waals surface area (Å²) in [5, 5.41) is 10.2. The van der Waals surface area contributed by atoms with Crippen molar-refractivity contribution >= 4 is 34.2 Å². The van der Waals surface area contributed by atoms with Gasteiger partial charge in [0.15, 0.2) is 0 Å². The van der Waals surface area contributed by atoms with Crippen LogP contribution in [0.3, 0.4) is 0 Å². The Balaban J connectivity index is 1.85. The smallest absolute Gasteiger partial charge is 0.141 e. The van der Waals surface area contributed by atoms with Crippen LogP contribution in [0, 0.1) is 0 Å². The second-order valence-corrected chi connectivity index (χ2v) is 6.36. The highest BCUT2D eigenvalue weighted by Crippen LogP contribution is 2.22. The topological polar surface area (TPSA) is 77.6 Å². The van der Waals surface area contributed by atoms with Gasteiger partial charge in [-0.3, -0.25) is 4.98 Å². The van der Waals surface area contributed by atoms with E-state index in [9.17, 15) is 5.11 Å². The van der Waals surface area contributed by atoms with Crippen LogP contribution in [0.5, 0.6) is 5.75 Å². The van der Waals surface area contributed by atoms with Gasteiger partial charge in [-0.1, -0.05) is 0 Å². The molecular weight excluding hydrogens is 312 g/mol. The molecule has 0 saturated heterocycles. The van der Waals surface area contributed by atoms with Gasteiger partial charge in [-0.15, -0.1) is 0 Å². The first-order valence-electron chi connectivity index (χ1n) is 8.28. The second-order valence-electron chi connectivity index (χ2n) is 6.36. The molecule has 0 spiro atoms. The first kappa shape index (κ1) is 14.0. The van der Waals surface area contributed by atoms with Gasteiger partial charge >= 0.3 is 0 Å². The van der Waals surface area contributed by atoms with Gasteiger partial charge in [0.2, 0.25) is 0 Å². The van der Waals surface area contributed by atoms with Crippen molar-refractivity contribution in [1.82, 2.24) is 19.9 Å². The first-order chi connectivity index (χ1) is 12.2. The molecule has 5 heteroatoms. The number of rotatable bonds is 0. The van der Waals surface area contributed by atoms with Gasteiger partial charge in [0, 0.05) is 34.0 Å². The van der Waals surface area contributed by atoms with Gasteiger partial charge in [0.05, 0.1) is 16.9 Å². The number of nitrogens with zero attached hydrogens (tertiary/aromatic N) is 2. The predicted molar refractivity (Wildman–Crippen MR) is 99.0 cm³/mol. The number of aromatic hydroxyl groups is 1. The largest absolute Gasteiger partial charge is 0.506 e. The Morgan fingerprint density at radius 1 is 0.720 bits per heavy atom. The van der Waals surface area contributed by atoms with E-state index in [1.807, 2.05) is 36.4 Å². The summed E-state index contributed by atoms with van der Waals surface area (Å²) in [4.78, 5) is 15.9. The van der Waals surface area contributed by atoms with Gasteiger partial charge in [-0.05, 0) is 61.4 Å². The maximum absolute atomic E-state index is 10.2. The summed E-state index contributed by atoms with van der Waals surface area (Å²) < 4.78 is 0. The fraction of sp³-hybridized carbons (Fsp3) is 0.100. The Morgan fingerprint density at radius 2 is 1.40 bits per heavy atom. The van der Waals surface area contributed by atoms with Crippen molar-refractivity contribution in [1.29, 1.82) is 0 Å². The van der Waals surface area contributed by atoms with Crippen molar-refractivity contribution in [2.24, 2.45) is 0 Å². The van der Waals surface area contributed by atoms with Gasteiger partial charge in [0.25, 0.3) is 0 Å². The summed E-state index contributed by atoms with van der Waals surface area (Å²) in [6, 6.07) is 13.7. The van der Waals surface area contributed by atoms with Crippen molar-refractivity contribution in [3.63, 3.8) is 0 Å². The van der Waals surface area contributed by atoms with Gasteiger partial charge in [-0.25, -0.2) is 4.98 Å². The van der Waals surface area contributed by atoms with Crippen molar-refractivity contribution < 1.29 is 5.11 Å². The quantitative estimate of drug-likeness (QED) is 0.457. The molecule has 5 nitrogen and oxygen atoms in total. The second kappa shape index (κ2) is 5.34. The van der Waals surface area contributed by atoms with E-state index in [1.165, 1.54) is 0 Å². The third kappa shape index (κ3) is 2.70. The Kier molecular flexibility index (Phi) is 3.00. The zero-order chi connectivity index (χ0) is 16.8. The highest BCUT2D eigenvalue weighted by atomic mass is 16.3. The molecule has 0 amide bonds. The maximum atomic E-state index is 10.2. The molecular formula is C20H16N4O. The van der Waals surface area contributed by atoms with E-state index in [-0.39, 0.29) is 5.75 Å². The van der Waals surface area contributed by atoms with Gasteiger partial charge in [-0.2, -0.15) is 0 Å². The van der Waals surface area contributed by atoms with E-state index in [4.69, 9.17) is 4.98 Å². The number of H-pyrrole nitrogens is 2. The summed E-state index contributed by atoms with van der Waals surface area (Å²) in [5.41, 5.74) is 7.28. The molecule has 2 aliphatic rings. The van der Waals surface area contributed by atoms with Gasteiger partial charge < -0.3 is 15.1 Å². The number of hydrogen-bond donors (Lipinski definition) is 3. The molecule has 3 aromatic heterocycles.